The fraction of sp³-hybridized carbons (Fsp3) is 0.353. The average molecular weight is 328 g/mol. The SMILES string of the molecule is COC(=O)[C@@H]1CCCN1C(=O)C(c1ccccc1)c1ncc(N)[nH]1. The van der Waals surface area contributed by atoms with Gasteiger partial charge < -0.3 is 20.4 Å². The van der Waals surface area contributed by atoms with Gasteiger partial charge >= 0.3 is 5.97 Å². The molecule has 126 valence electrons. The number of imidazole rings is 1. The third-order valence-electron chi connectivity index (χ3n) is 4.28. The molecule has 7 heteroatoms. The first-order valence-electron chi connectivity index (χ1n) is 7.85. The summed E-state index contributed by atoms with van der Waals surface area (Å²) in [5.41, 5.74) is 6.53. The number of ether oxygens (including phenoxy) is 1. The van der Waals surface area contributed by atoms with Crippen LogP contribution in [0.1, 0.15) is 30.1 Å². The van der Waals surface area contributed by atoms with Crippen LogP contribution in [0.2, 0.25) is 0 Å². The second kappa shape index (κ2) is 6.74. The maximum atomic E-state index is 13.2. The standard InChI is InChI=1S/C17H20N4O3/c1-24-17(23)12-8-5-9-21(12)16(22)14(11-6-3-2-4-7-11)15-19-10-13(18)20-15/h2-4,6-7,10,12,14H,5,8-9,18H2,1H3,(H,19,20)/t12-,14?/m0/s1. The highest BCUT2D eigenvalue weighted by Crippen LogP contribution is 2.29. The van der Waals surface area contributed by atoms with Gasteiger partial charge in [0, 0.05) is 6.54 Å². The Morgan fingerprint density at radius 3 is 2.75 bits per heavy atom. The third-order valence-corrected chi connectivity index (χ3v) is 4.28. The summed E-state index contributed by atoms with van der Waals surface area (Å²) in [7, 11) is 1.34. The van der Waals surface area contributed by atoms with Gasteiger partial charge in [-0.05, 0) is 18.4 Å². The number of nitrogen functional groups attached to an aromatic ring is 1. The van der Waals surface area contributed by atoms with Crippen molar-refractivity contribution in [2.24, 2.45) is 0 Å². The first-order valence-corrected chi connectivity index (χ1v) is 7.85. The van der Waals surface area contributed by atoms with E-state index in [1.54, 1.807) is 4.90 Å². The summed E-state index contributed by atoms with van der Waals surface area (Å²) in [4.78, 5) is 33.9. The van der Waals surface area contributed by atoms with Gasteiger partial charge in [-0.2, -0.15) is 0 Å². The molecule has 1 amide bonds. The number of benzene rings is 1. The van der Waals surface area contributed by atoms with E-state index in [1.807, 2.05) is 30.3 Å². The second-order valence-electron chi connectivity index (χ2n) is 5.78. The van der Waals surface area contributed by atoms with Crippen molar-refractivity contribution in [3.8, 4) is 0 Å². The number of amides is 1. The van der Waals surface area contributed by atoms with Crippen LogP contribution in [0.15, 0.2) is 36.5 Å². The van der Waals surface area contributed by atoms with E-state index in [4.69, 9.17) is 10.5 Å². The molecule has 2 aromatic rings. The summed E-state index contributed by atoms with van der Waals surface area (Å²) in [6, 6.07) is 8.80. The number of H-pyrrole nitrogens is 1. The molecule has 0 aliphatic carbocycles. The Bertz CT molecular complexity index is 728. The number of anilines is 1. The number of hydrogen-bond acceptors (Lipinski definition) is 5. The molecule has 0 saturated carbocycles. The van der Waals surface area contributed by atoms with Gasteiger partial charge in [0.05, 0.1) is 13.3 Å². The summed E-state index contributed by atoms with van der Waals surface area (Å²) >= 11 is 0. The summed E-state index contributed by atoms with van der Waals surface area (Å²) in [5.74, 6) is -0.326. The number of likely N-dealkylation sites (tertiary alicyclic amines) is 1. The molecular weight excluding hydrogens is 308 g/mol. The largest absolute Gasteiger partial charge is 0.467 e. The molecule has 1 saturated heterocycles. The fourth-order valence-corrected chi connectivity index (χ4v) is 3.14. The number of methoxy groups -OCH3 is 1. The van der Waals surface area contributed by atoms with Gasteiger partial charge in [0.25, 0.3) is 0 Å². The van der Waals surface area contributed by atoms with Crippen LogP contribution in [0.3, 0.4) is 0 Å². The van der Waals surface area contributed by atoms with Crippen LogP contribution in [-0.2, 0) is 14.3 Å². The highest BCUT2D eigenvalue weighted by atomic mass is 16.5. The van der Waals surface area contributed by atoms with Crippen molar-refractivity contribution < 1.29 is 14.3 Å². The Hall–Kier alpha value is -2.83. The van der Waals surface area contributed by atoms with Crippen molar-refractivity contribution in [3.05, 3.63) is 47.9 Å². The van der Waals surface area contributed by atoms with Crippen LogP contribution in [0, 0.1) is 0 Å². The maximum absolute atomic E-state index is 13.2. The van der Waals surface area contributed by atoms with Crippen LogP contribution >= 0.6 is 0 Å². The zero-order valence-electron chi connectivity index (χ0n) is 13.4. The summed E-state index contributed by atoms with van der Waals surface area (Å²) in [5, 5.41) is 0. The number of hydrogen-bond donors (Lipinski definition) is 2. The lowest BCUT2D eigenvalue weighted by Gasteiger charge is -2.27. The van der Waals surface area contributed by atoms with Gasteiger partial charge in [0.2, 0.25) is 5.91 Å². The smallest absolute Gasteiger partial charge is 0.328 e. The molecule has 1 aromatic carbocycles. The van der Waals surface area contributed by atoms with Crippen molar-refractivity contribution in [1.29, 1.82) is 0 Å². The molecule has 2 heterocycles. The van der Waals surface area contributed by atoms with Crippen molar-refractivity contribution >= 4 is 17.7 Å². The lowest BCUT2D eigenvalue weighted by molar-refractivity contribution is -0.151. The molecule has 1 unspecified atom stereocenters. The van der Waals surface area contributed by atoms with E-state index < -0.39 is 12.0 Å². The molecule has 24 heavy (non-hydrogen) atoms. The van der Waals surface area contributed by atoms with Gasteiger partial charge in [-0.15, -0.1) is 0 Å². The number of nitrogens with two attached hydrogens (primary N) is 1. The van der Waals surface area contributed by atoms with Gasteiger partial charge in [-0.3, -0.25) is 4.79 Å². The predicted molar refractivity (Wildman–Crippen MR) is 88.0 cm³/mol. The summed E-state index contributed by atoms with van der Waals surface area (Å²) in [6.07, 6.45) is 2.87. The number of aromatic nitrogens is 2. The lowest BCUT2D eigenvalue weighted by atomic mass is 9.96. The minimum Gasteiger partial charge on any atom is -0.467 e. The Morgan fingerprint density at radius 1 is 1.38 bits per heavy atom. The fourth-order valence-electron chi connectivity index (χ4n) is 3.14. The Balaban J connectivity index is 1.96. The van der Waals surface area contributed by atoms with E-state index in [1.165, 1.54) is 13.3 Å². The molecule has 3 N–H and O–H groups in total. The predicted octanol–water partition coefficient (Wildman–Crippen LogP) is 1.29. The number of carbonyl (C=O) groups excluding carboxylic acids is 2. The zero-order valence-corrected chi connectivity index (χ0v) is 13.4. The van der Waals surface area contributed by atoms with Gasteiger partial charge in [0.15, 0.2) is 0 Å². The molecule has 1 aliphatic rings. The topological polar surface area (TPSA) is 101 Å². The highest BCUT2D eigenvalue weighted by molar-refractivity contribution is 5.91. The van der Waals surface area contributed by atoms with E-state index in [9.17, 15) is 9.59 Å². The Kier molecular flexibility index (Phi) is 4.50. The van der Waals surface area contributed by atoms with Crippen LogP contribution in [0.5, 0.6) is 0 Å². The van der Waals surface area contributed by atoms with Crippen molar-refractivity contribution in [1.82, 2.24) is 14.9 Å². The normalized spacial score (nSPS) is 18.4. The highest BCUT2D eigenvalue weighted by Gasteiger charge is 2.39. The molecule has 0 radical (unpaired) electrons. The van der Waals surface area contributed by atoms with Crippen molar-refractivity contribution in [3.63, 3.8) is 0 Å². The molecule has 2 atom stereocenters. The Labute approximate surface area is 139 Å². The quantitative estimate of drug-likeness (QED) is 0.824. The molecule has 1 fully saturated rings. The van der Waals surface area contributed by atoms with E-state index in [2.05, 4.69) is 9.97 Å². The van der Waals surface area contributed by atoms with Gasteiger partial charge in [-0.1, -0.05) is 30.3 Å². The number of esters is 1. The second-order valence-corrected chi connectivity index (χ2v) is 5.78. The van der Waals surface area contributed by atoms with Crippen LogP contribution in [-0.4, -0.2) is 46.4 Å². The number of aromatic amines is 1. The van der Waals surface area contributed by atoms with Crippen LogP contribution in [0.4, 0.5) is 5.82 Å². The van der Waals surface area contributed by atoms with E-state index in [-0.39, 0.29) is 11.9 Å². The number of nitrogens with one attached hydrogen (secondary N) is 1. The monoisotopic (exact) mass is 328 g/mol. The maximum Gasteiger partial charge on any atom is 0.328 e. The minimum absolute atomic E-state index is 0.177. The lowest BCUT2D eigenvalue weighted by Crippen LogP contribution is -2.43. The van der Waals surface area contributed by atoms with Gasteiger partial charge in [-0.25, -0.2) is 9.78 Å². The third kappa shape index (κ3) is 2.97. The average Bonchev–Trinajstić information content (AvgIpc) is 3.24. The molecular formula is C17H20N4O3. The molecule has 7 nitrogen and oxygen atoms in total. The Morgan fingerprint density at radius 2 is 2.12 bits per heavy atom. The molecule has 1 aliphatic heterocycles. The van der Waals surface area contributed by atoms with E-state index in [0.29, 0.717) is 24.6 Å². The van der Waals surface area contributed by atoms with Gasteiger partial charge in [0.1, 0.15) is 23.6 Å². The number of carbonyl (C=O) groups is 2. The number of rotatable bonds is 4. The van der Waals surface area contributed by atoms with Crippen molar-refractivity contribution in [2.75, 3.05) is 19.4 Å². The zero-order chi connectivity index (χ0) is 17.1. The van der Waals surface area contributed by atoms with Crippen LogP contribution < -0.4 is 5.73 Å². The van der Waals surface area contributed by atoms with Crippen LogP contribution in [0.25, 0.3) is 0 Å². The molecule has 3 rings (SSSR count). The first-order chi connectivity index (χ1) is 11.6. The summed E-state index contributed by atoms with van der Waals surface area (Å²) in [6.45, 7) is 0.526. The summed E-state index contributed by atoms with van der Waals surface area (Å²) < 4.78 is 4.83. The molecule has 1 aromatic heterocycles. The molecule has 0 bridgehead atoms. The van der Waals surface area contributed by atoms with E-state index >= 15 is 0 Å². The first kappa shape index (κ1) is 16.0. The minimum atomic E-state index is -0.631. The van der Waals surface area contributed by atoms with E-state index in [0.717, 1.165) is 12.0 Å². The van der Waals surface area contributed by atoms with Crippen molar-refractivity contribution in [2.45, 2.75) is 24.8 Å². The number of nitrogens with zero attached hydrogens (tertiary/aromatic N) is 2. The molecule has 0 spiro atoms.